The molecule has 0 atom stereocenters. The predicted octanol–water partition coefficient (Wildman–Crippen LogP) is 4.32. The molecule has 2 aromatic heterocycles. The average Bonchev–Trinajstić information content (AvgIpc) is 2.70. The summed E-state index contributed by atoms with van der Waals surface area (Å²) in [5.74, 6) is 0. The van der Waals surface area contributed by atoms with Crippen LogP contribution in [0.4, 0.5) is 5.69 Å². The van der Waals surface area contributed by atoms with Gasteiger partial charge in [0.05, 0.1) is 5.69 Å². The van der Waals surface area contributed by atoms with Crippen molar-refractivity contribution in [2.24, 2.45) is 0 Å². The van der Waals surface area contributed by atoms with Crippen LogP contribution in [0.5, 0.6) is 0 Å². The van der Waals surface area contributed by atoms with Crippen LogP contribution in [-0.4, -0.2) is 13.4 Å². The van der Waals surface area contributed by atoms with Gasteiger partial charge < -0.3 is 0 Å². The lowest BCUT2D eigenvalue weighted by Crippen LogP contribution is -2.13. The molecule has 0 saturated heterocycles. The quantitative estimate of drug-likeness (QED) is 0.779. The molecule has 9 heteroatoms. The smallest absolute Gasteiger partial charge is 0.272 e. The molecule has 2 aromatic rings. The third kappa shape index (κ3) is 3.22. The summed E-state index contributed by atoms with van der Waals surface area (Å²) >= 11 is 15.9. The molecule has 19 heavy (non-hydrogen) atoms. The van der Waals surface area contributed by atoms with Crippen LogP contribution in [0.15, 0.2) is 26.2 Å². The van der Waals surface area contributed by atoms with Gasteiger partial charge in [-0.3, -0.25) is 4.72 Å². The Morgan fingerprint density at radius 3 is 2.63 bits per heavy atom. The second kappa shape index (κ2) is 5.57. The van der Waals surface area contributed by atoms with E-state index in [2.05, 4.69) is 25.6 Å². The van der Waals surface area contributed by atoms with Crippen LogP contribution in [0.3, 0.4) is 0 Å². The minimum Gasteiger partial charge on any atom is -0.276 e. The Hall–Kier alpha value is -0.340. The molecule has 0 fully saturated rings. The number of halogens is 3. The number of sulfonamides is 1. The highest BCUT2D eigenvalue weighted by Gasteiger charge is 2.22. The van der Waals surface area contributed by atoms with Crippen molar-refractivity contribution >= 4 is 66.2 Å². The Bertz CT molecular complexity index is 708. The number of aryl methyl sites for hydroxylation is 1. The molecule has 1 N–H and O–H groups in total. The Morgan fingerprint density at radius 2 is 2.11 bits per heavy atom. The highest BCUT2D eigenvalue weighted by molar-refractivity contribution is 9.10. The topological polar surface area (TPSA) is 59.1 Å². The van der Waals surface area contributed by atoms with Gasteiger partial charge in [0, 0.05) is 4.47 Å². The van der Waals surface area contributed by atoms with Gasteiger partial charge >= 0.3 is 0 Å². The lowest BCUT2D eigenvalue weighted by molar-refractivity contribution is 0.602. The van der Waals surface area contributed by atoms with Crippen LogP contribution in [-0.2, 0) is 10.0 Å². The summed E-state index contributed by atoms with van der Waals surface area (Å²) in [7, 11) is -3.70. The van der Waals surface area contributed by atoms with Crippen LogP contribution in [0, 0.1) is 6.92 Å². The maximum absolute atomic E-state index is 12.2. The van der Waals surface area contributed by atoms with Gasteiger partial charge in [0.15, 0.2) is 9.36 Å². The van der Waals surface area contributed by atoms with Crippen molar-refractivity contribution in [3.63, 3.8) is 0 Å². The van der Waals surface area contributed by atoms with Crippen molar-refractivity contribution in [1.82, 2.24) is 4.98 Å². The Kier molecular flexibility index (Phi) is 4.42. The van der Waals surface area contributed by atoms with Gasteiger partial charge in [0.2, 0.25) is 0 Å². The summed E-state index contributed by atoms with van der Waals surface area (Å²) in [6.45, 7) is 1.70. The molecule has 4 nitrogen and oxygen atoms in total. The molecule has 2 heterocycles. The zero-order valence-electron chi connectivity index (χ0n) is 9.45. The first-order valence-corrected chi connectivity index (χ1v) is 8.81. The summed E-state index contributed by atoms with van der Waals surface area (Å²) in [5, 5.41) is 1.90. The first kappa shape index (κ1) is 15.1. The Morgan fingerprint density at radius 1 is 1.42 bits per heavy atom. The van der Waals surface area contributed by atoms with Crippen molar-refractivity contribution in [2.45, 2.75) is 11.1 Å². The summed E-state index contributed by atoms with van der Waals surface area (Å²) in [6, 6.07) is 3.20. The SMILES string of the molecule is Cc1cc(Cl)nc(Cl)c1NS(=O)(=O)c1sccc1Br. The summed E-state index contributed by atoms with van der Waals surface area (Å²) in [6.07, 6.45) is 0. The zero-order valence-corrected chi connectivity index (χ0v) is 14.2. The van der Waals surface area contributed by atoms with E-state index in [0.29, 0.717) is 10.0 Å². The number of rotatable bonds is 3. The van der Waals surface area contributed by atoms with E-state index in [1.54, 1.807) is 18.4 Å². The standard InChI is InChI=1S/C10H7BrCl2N2O2S2/c1-5-4-7(12)14-9(13)8(5)15-19(16,17)10-6(11)2-3-18-10/h2-4,15H,1H3. The van der Waals surface area contributed by atoms with Gasteiger partial charge in [0.25, 0.3) is 10.0 Å². The molecular formula is C10H7BrCl2N2O2S2. The first-order chi connectivity index (χ1) is 8.81. The molecule has 102 valence electrons. The minimum absolute atomic E-state index is 0.0150. The fourth-order valence-corrected chi connectivity index (χ4v) is 5.48. The maximum Gasteiger partial charge on any atom is 0.272 e. The largest absolute Gasteiger partial charge is 0.276 e. The Balaban J connectivity index is 2.45. The van der Waals surface area contributed by atoms with E-state index in [1.165, 1.54) is 6.07 Å². The van der Waals surface area contributed by atoms with Gasteiger partial charge in [-0.05, 0) is 45.9 Å². The number of nitrogens with one attached hydrogen (secondary N) is 1. The molecule has 0 unspecified atom stereocenters. The van der Waals surface area contributed by atoms with Crippen LogP contribution in [0.25, 0.3) is 0 Å². The molecule has 0 aromatic carbocycles. The molecule has 0 aliphatic carbocycles. The monoisotopic (exact) mass is 400 g/mol. The summed E-state index contributed by atoms with van der Waals surface area (Å²) < 4.78 is 27.5. The Labute approximate surface area is 132 Å². The minimum atomic E-state index is -3.70. The van der Waals surface area contributed by atoms with Gasteiger partial charge in [-0.15, -0.1) is 11.3 Å². The average molecular weight is 402 g/mol. The maximum atomic E-state index is 12.2. The molecular weight excluding hydrogens is 395 g/mol. The molecule has 0 aliphatic rings. The summed E-state index contributed by atoms with van der Waals surface area (Å²) in [5.41, 5.74) is 0.827. The third-order valence-electron chi connectivity index (χ3n) is 2.21. The molecule has 0 amide bonds. The molecule has 0 radical (unpaired) electrons. The number of hydrogen-bond acceptors (Lipinski definition) is 4. The predicted molar refractivity (Wildman–Crippen MR) is 81.8 cm³/mol. The number of thiophene rings is 1. The van der Waals surface area contributed by atoms with Crippen molar-refractivity contribution in [2.75, 3.05) is 4.72 Å². The number of anilines is 1. The van der Waals surface area contributed by atoms with Crippen LogP contribution >= 0.6 is 50.5 Å². The fourth-order valence-electron chi connectivity index (χ4n) is 1.37. The molecule has 0 saturated carbocycles. The van der Waals surface area contributed by atoms with E-state index in [-0.39, 0.29) is 20.2 Å². The second-order valence-electron chi connectivity index (χ2n) is 3.59. The van der Waals surface area contributed by atoms with E-state index >= 15 is 0 Å². The van der Waals surface area contributed by atoms with Crippen LogP contribution in [0.1, 0.15) is 5.56 Å². The molecule has 0 bridgehead atoms. The fraction of sp³-hybridized carbons (Fsp3) is 0.100. The zero-order chi connectivity index (χ0) is 14.2. The van der Waals surface area contributed by atoms with Gasteiger partial charge in [-0.2, -0.15) is 0 Å². The second-order valence-corrected chi connectivity index (χ2v) is 7.98. The van der Waals surface area contributed by atoms with Crippen molar-refractivity contribution in [1.29, 1.82) is 0 Å². The van der Waals surface area contributed by atoms with E-state index in [4.69, 9.17) is 23.2 Å². The van der Waals surface area contributed by atoms with Crippen LogP contribution < -0.4 is 4.72 Å². The lowest BCUT2D eigenvalue weighted by Gasteiger charge is -2.11. The van der Waals surface area contributed by atoms with Crippen molar-refractivity contribution < 1.29 is 8.42 Å². The van der Waals surface area contributed by atoms with Crippen LogP contribution in [0.2, 0.25) is 10.3 Å². The van der Waals surface area contributed by atoms with E-state index in [1.807, 2.05) is 0 Å². The third-order valence-corrected chi connectivity index (χ3v) is 6.69. The molecule has 2 rings (SSSR count). The number of hydrogen-bond donors (Lipinski definition) is 1. The highest BCUT2D eigenvalue weighted by atomic mass is 79.9. The molecule has 0 spiro atoms. The lowest BCUT2D eigenvalue weighted by atomic mass is 10.3. The van der Waals surface area contributed by atoms with Crippen molar-refractivity contribution in [3.8, 4) is 0 Å². The van der Waals surface area contributed by atoms with E-state index < -0.39 is 10.0 Å². The van der Waals surface area contributed by atoms with E-state index in [9.17, 15) is 8.42 Å². The molecule has 0 aliphatic heterocycles. The van der Waals surface area contributed by atoms with Crippen molar-refractivity contribution in [3.05, 3.63) is 37.9 Å². The van der Waals surface area contributed by atoms with Gasteiger partial charge in [-0.25, -0.2) is 13.4 Å². The van der Waals surface area contributed by atoms with Gasteiger partial charge in [0.1, 0.15) is 5.15 Å². The van der Waals surface area contributed by atoms with Gasteiger partial charge in [-0.1, -0.05) is 23.2 Å². The summed E-state index contributed by atoms with van der Waals surface area (Å²) in [4.78, 5) is 3.82. The highest BCUT2D eigenvalue weighted by Crippen LogP contribution is 2.32. The number of pyridine rings is 1. The normalized spacial score (nSPS) is 11.6. The number of nitrogens with zero attached hydrogens (tertiary/aromatic N) is 1. The number of aromatic nitrogens is 1. The van der Waals surface area contributed by atoms with E-state index in [0.717, 1.165) is 11.3 Å². The first-order valence-electron chi connectivity index (χ1n) is 4.89.